The van der Waals surface area contributed by atoms with E-state index in [0.29, 0.717) is 5.75 Å². The van der Waals surface area contributed by atoms with Crippen molar-refractivity contribution in [3.05, 3.63) is 35.9 Å². The molecule has 0 saturated carbocycles. The van der Waals surface area contributed by atoms with Gasteiger partial charge in [0.1, 0.15) is 13.3 Å². The molecule has 1 atom stereocenters. The molecule has 1 rings (SSSR count). The van der Waals surface area contributed by atoms with Crippen LogP contribution in [0.4, 0.5) is 0 Å². The SMILES string of the molecule is CP(C)(=O)N[C@@H](CSCc1ccccc1)C(=O)O. The van der Waals surface area contributed by atoms with Crippen LogP contribution >= 0.6 is 19.1 Å². The fourth-order valence-corrected chi connectivity index (χ4v) is 3.49. The highest BCUT2D eigenvalue weighted by atomic mass is 32.2. The smallest absolute Gasteiger partial charge is 0.321 e. The molecule has 0 aliphatic carbocycles. The summed E-state index contributed by atoms with van der Waals surface area (Å²) >= 11 is 1.52. The molecule has 100 valence electrons. The van der Waals surface area contributed by atoms with Crippen LogP contribution in [-0.4, -0.2) is 36.2 Å². The Hall–Kier alpha value is -0.770. The van der Waals surface area contributed by atoms with Gasteiger partial charge in [0.25, 0.3) is 0 Å². The third-order valence-electron chi connectivity index (χ3n) is 2.16. The Kier molecular flexibility index (Phi) is 5.93. The summed E-state index contributed by atoms with van der Waals surface area (Å²) in [5.41, 5.74) is 1.16. The first-order valence-corrected chi connectivity index (χ1v) is 9.31. The fraction of sp³-hybridized carbons (Fsp3) is 0.417. The van der Waals surface area contributed by atoms with Crippen LogP contribution in [0.2, 0.25) is 0 Å². The molecule has 0 aromatic heterocycles. The quantitative estimate of drug-likeness (QED) is 0.754. The number of carboxylic acids is 1. The van der Waals surface area contributed by atoms with E-state index in [9.17, 15) is 9.36 Å². The first kappa shape index (κ1) is 15.3. The number of benzene rings is 1. The number of thioether (sulfide) groups is 1. The lowest BCUT2D eigenvalue weighted by molar-refractivity contribution is -0.138. The third-order valence-corrected chi connectivity index (χ3v) is 4.20. The van der Waals surface area contributed by atoms with Crippen LogP contribution in [0.25, 0.3) is 0 Å². The van der Waals surface area contributed by atoms with Crippen molar-refractivity contribution in [2.24, 2.45) is 0 Å². The number of aliphatic carboxylic acids is 1. The highest BCUT2D eigenvalue weighted by Gasteiger charge is 2.22. The Morgan fingerprint density at radius 3 is 2.50 bits per heavy atom. The van der Waals surface area contributed by atoms with E-state index in [1.807, 2.05) is 30.3 Å². The van der Waals surface area contributed by atoms with Crippen molar-refractivity contribution in [2.75, 3.05) is 19.1 Å². The zero-order valence-corrected chi connectivity index (χ0v) is 12.2. The van der Waals surface area contributed by atoms with Gasteiger partial charge in [-0.25, -0.2) is 0 Å². The largest absolute Gasteiger partial charge is 0.480 e. The van der Waals surface area contributed by atoms with E-state index < -0.39 is 19.3 Å². The van der Waals surface area contributed by atoms with Gasteiger partial charge in [0.15, 0.2) is 0 Å². The Bertz CT molecular complexity index is 432. The minimum Gasteiger partial charge on any atom is -0.480 e. The van der Waals surface area contributed by atoms with Crippen LogP contribution in [0.1, 0.15) is 5.56 Å². The molecule has 0 spiro atoms. The van der Waals surface area contributed by atoms with Gasteiger partial charge in [0.05, 0.1) is 0 Å². The van der Waals surface area contributed by atoms with E-state index in [4.69, 9.17) is 5.11 Å². The maximum absolute atomic E-state index is 11.6. The standard InChI is InChI=1S/C12H18NO3PS/c1-17(2,16)13-11(12(14)15)9-18-8-10-6-4-3-5-7-10/h3-7,11H,8-9H2,1-2H3,(H,13,16)(H,14,15)/t11-/m0/s1. The van der Waals surface area contributed by atoms with Crippen molar-refractivity contribution in [3.63, 3.8) is 0 Å². The molecule has 6 heteroatoms. The zero-order valence-electron chi connectivity index (χ0n) is 10.5. The van der Waals surface area contributed by atoms with Gasteiger partial charge in [-0.15, -0.1) is 0 Å². The van der Waals surface area contributed by atoms with Crippen LogP contribution in [0.5, 0.6) is 0 Å². The average molecular weight is 287 g/mol. The van der Waals surface area contributed by atoms with E-state index in [1.54, 1.807) is 0 Å². The topological polar surface area (TPSA) is 66.4 Å². The van der Waals surface area contributed by atoms with Gasteiger partial charge in [0, 0.05) is 24.8 Å². The van der Waals surface area contributed by atoms with E-state index in [0.717, 1.165) is 11.3 Å². The molecule has 0 bridgehead atoms. The molecule has 0 radical (unpaired) electrons. The number of rotatable bonds is 7. The summed E-state index contributed by atoms with van der Waals surface area (Å²) < 4.78 is 11.6. The summed E-state index contributed by atoms with van der Waals surface area (Å²) in [4.78, 5) is 11.0. The summed E-state index contributed by atoms with van der Waals surface area (Å²) in [6.07, 6.45) is 0. The molecular formula is C12H18NO3PS. The number of carbonyl (C=O) groups is 1. The fourth-order valence-electron chi connectivity index (χ4n) is 1.41. The Balaban J connectivity index is 2.44. The minimum absolute atomic E-state index is 0.399. The van der Waals surface area contributed by atoms with Crippen molar-refractivity contribution < 1.29 is 14.5 Å². The maximum atomic E-state index is 11.6. The summed E-state index contributed by atoms with van der Waals surface area (Å²) in [6, 6.07) is 9.09. The average Bonchev–Trinajstić information content (AvgIpc) is 2.27. The Morgan fingerprint density at radius 1 is 1.39 bits per heavy atom. The summed E-state index contributed by atoms with van der Waals surface area (Å²) in [5.74, 6) is 0.194. The highest BCUT2D eigenvalue weighted by molar-refractivity contribution is 7.98. The molecule has 0 unspecified atom stereocenters. The second kappa shape index (κ2) is 6.98. The highest BCUT2D eigenvalue weighted by Crippen LogP contribution is 2.31. The molecule has 18 heavy (non-hydrogen) atoms. The maximum Gasteiger partial charge on any atom is 0.321 e. The van der Waals surface area contributed by atoms with E-state index >= 15 is 0 Å². The Morgan fingerprint density at radius 2 is 2.00 bits per heavy atom. The second-order valence-electron chi connectivity index (χ2n) is 4.37. The predicted octanol–water partition coefficient (Wildman–Crippen LogP) is 2.50. The van der Waals surface area contributed by atoms with Crippen molar-refractivity contribution in [1.82, 2.24) is 5.09 Å². The van der Waals surface area contributed by atoms with Crippen LogP contribution in [-0.2, 0) is 15.1 Å². The molecule has 0 amide bonds. The third kappa shape index (κ3) is 6.24. The van der Waals surface area contributed by atoms with Gasteiger partial charge in [-0.3, -0.25) is 9.88 Å². The number of hydrogen-bond donors (Lipinski definition) is 2. The molecular weight excluding hydrogens is 269 g/mol. The predicted molar refractivity (Wildman–Crippen MR) is 76.6 cm³/mol. The van der Waals surface area contributed by atoms with Gasteiger partial charge in [-0.2, -0.15) is 11.8 Å². The monoisotopic (exact) mass is 287 g/mol. The number of hydrogen-bond acceptors (Lipinski definition) is 3. The number of carboxylic acid groups (broad SMARTS) is 1. The minimum atomic E-state index is -2.53. The first-order valence-electron chi connectivity index (χ1n) is 5.56. The van der Waals surface area contributed by atoms with Crippen molar-refractivity contribution >= 4 is 25.0 Å². The second-order valence-corrected chi connectivity index (χ2v) is 8.36. The molecule has 0 heterocycles. The van der Waals surface area contributed by atoms with Crippen molar-refractivity contribution in [1.29, 1.82) is 0 Å². The first-order chi connectivity index (χ1) is 8.38. The zero-order chi connectivity index (χ0) is 13.6. The Labute approximate surface area is 112 Å². The van der Waals surface area contributed by atoms with E-state index in [2.05, 4.69) is 5.09 Å². The lowest BCUT2D eigenvalue weighted by atomic mass is 10.2. The number of nitrogens with one attached hydrogen (secondary N) is 1. The van der Waals surface area contributed by atoms with E-state index in [-0.39, 0.29) is 0 Å². The van der Waals surface area contributed by atoms with Gasteiger partial charge < -0.3 is 9.67 Å². The molecule has 2 N–H and O–H groups in total. The lowest BCUT2D eigenvalue weighted by Crippen LogP contribution is -2.36. The van der Waals surface area contributed by atoms with Crippen molar-refractivity contribution in [2.45, 2.75) is 11.8 Å². The molecule has 1 aromatic rings. The molecule has 0 saturated heterocycles. The van der Waals surface area contributed by atoms with Gasteiger partial charge >= 0.3 is 5.97 Å². The summed E-state index contributed by atoms with van der Waals surface area (Å²) in [6.45, 7) is 3.07. The van der Waals surface area contributed by atoms with Crippen LogP contribution in [0.3, 0.4) is 0 Å². The summed E-state index contributed by atoms with van der Waals surface area (Å²) in [5, 5.41) is 11.7. The summed E-state index contributed by atoms with van der Waals surface area (Å²) in [7, 11) is -2.53. The molecule has 0 fully saturated rings. The van der Waals surface area contributed by atoms with Gasteiger partial charge in [0.2, 0.25) is 0 Å². The molecule has 0 aliphatic rings. The lowest BCUT2D eigenvalue weighted by Gasteiger charge is -2.17. The van der Waals surface area contributed by atoms with E-state index in [1.165, 1.54) is 25.1 Å². The van der Waals surface area contributed by atoms with Crippen LogP contribution in [0.15, 0.2) is 30.3 Å². The normalized spacial score (nSPS) is 13.2. The van der Waals surface area contributed by atoms with Gasteiger partial charge in [-0.1, -0.05) is 30.3 Å². The van der Waals surface area contributed by atoms with Gasteiger partial charge in [-0.05, 0) is 5.56 Å². The molecule has 0 aliphatic heterocycles. The molecule has 4 nitrogen and oxygen atoms in total. The van der Waals surface area contributed by atoms with Crippen molar-refractivity contribution in [3.8, 4) is 0 Å². The van der Waals surface area contributed by atoms with Crippen LogP contribution < -0.4 is 5.09 Å². The van der Waals surface area contributed by atoms with Crippen LogP contribution in [0, 0.1) is 0 Å². The molecule has 1 aromatic carbocycles.